The maximum Gasteiger partial charge on any atom is 0.343 e. The molecule has 10 nitrogen and oxygen atoms in total. The van der Waals surface area contributed by atoms with Crippen molar-refractivity contribution in [3.05, 3.63) is 138 Å². The molecule has 0 atom stereocenters. The third kappa shape index (κ3) is 19.0. The second kappa shape index (κ2) is 26.4. The summed E-state index contributed by atoms with van der Waals surface area (Å²) in [5.41, 5.74) is 2.54. The number of carbonyl (C=O) groups excluding carboxylic acids is 3. The highest BCUT2D eigenvalue weighted by atomic mass is 28.5. The number of esters is 3. The average Bonchev–Trinajstić information content (AvgIpc) is 3.29. The predicted octanol–water partition coefficient (Wildman–Crippen LogP) is 14.9. The van der Waals surface area contributed by atoms with Gasteiger partial charge in [-0.25, -0.2) is 14.4 Å². The van der Waals surface area contributed by atoms with Gasteiger partial charge in [-0.1, -0.05) is 101 Å². The quantitative estimate of drug-likeness (QED) is 0.0208. The van der Waals surface area contributed by atoms with Crippen LogP contribution in [-0.4, -0.2) is 56.3 Å². The summed E-state index contributed by atoms with van der Waals surface area (Å²) in [5, 5.41) is 0. The lowest BCUT2D eigenvalue weighted by Crippen LogP contribution is -2.51. The Balaban J connectivity index is 1.04. The fourth-order valence-electron chi connectivity index (χ4n) is 7.89. The minimum atomic E-state index is -2.07. The summed E-state index contributed by atoms with van der Waals surface area (Å²) < 4.78 is 42.0. The molecular formula is C55H72O10Si3. The van der Waals surface area contributed by atoms with Gasteiger partial charge in [-0.15, -0.1) is 0 Å². The van der Waals surface area contributed by atoms with Crippen LogP contribution in [0.2, 0.25) is 51.9 Å². The molecule has 0 bridgehead atoms. The summed E-state index contributed by atoms with van der Waals surface area (Å²) in [6.07, 6.45) is 12.8. The molecule has 5 aromatic carbocycles. The molecule has 0 heterocycles. The third-order valence-electron chi connectivity index (χ3n) is 11.0. The van der Waals surface area contributed by atoms with E-state index in [0.717, 1.165) is 36.8 Å². The fourth-order valence-corrected chi connectivity index (χ4v) is 21.2. The summed E-state index contributed by atoms with van der Waals surface area (Å²) in [6, 6.07) is 35.5. The van der Waals surface area contributed by atoms with Crippen LogP contribution in [-0.2, 0) is 8.23 Å². The molecule has 5 rings (SSSR count). The Bertz CT molecular complexity index is 2330. The topological polar surface area (TPSA) is 116 Å². The molecule has 0 aliphatic carbocycles. The first-order valence-electron chi connectivity index (χ1n) is 24.3. The van der Waals surface area contributed by atoms with Gasteiger partial charge in [-0.05, 0) is 161 Å². The summed E-state index contributed by atoms with van der Waals surface area (Å²) >= 11 is 0. The van der Waals surface area contributed by atoms with Crippen LogP contribution in [0.1, 0.15) is 109 Å². The molecule has 68 heavy (non-hydrogen) atoms. The van der Waals surface area contributed by atoms with E-state index < -0.39 is 43.1 Å². The predicted molar refractivity (Wildman–Crippen MR) is 279 cm³/mol. The van der Waals surface area contributed by atoms with Crippen molar-refractivity contribution in [3.8, 4) is 39.9 Å². The Morgan fingerprint density at radius 1 is 0.426 bits per heavy atom. The Labute approximate surface area is 408 Å². The molecule has 0 aromatic heterocycles. The van der Waals surface area contributed by atoms with Crippen LogP contribution >= 0.6 is 0 Å². The SMILES string of the molecule is CCCCOc1ccc(C(=O)Oc2ccc(C(=O)Oc3cc(-c4ccccc4)ccc3OC(=O)c3ccc(OCCCCCCCCCCC[Si](C)(C)O[Si](C)(C)O[Si](C)(C)C)cc3)cc2)cc1. The molecule has 0 saturated carbocycles. The monoisotopic (exact) mass is 976 g/mol. The van der Waals surface area contributed by atoms with Crippen LogP contribution in [0.3, 0.4) is 0 Å². The van der Waals surface area contributed by atoms with E-state index in [1.165, 1.54) is 75.3 Å². The fraction of sp³-hybridized carbons (Fsp3) is 0.400. The molecule has 0 radical (unpaired) electrons. The Hall–Kier alpha value is -5.32. The third-order valence-corrected chi connectivity index (χ3v) is 21.1. The molecule has 0 N–H and O–H groups in total. The molecule has 0 unspecified atom stereocenters. The van der Waals surface area contributed by atoms with E-state index >= 15 is 0 Å². The molecule has 0 aliphatic rings. The summed E-state index contributed by atoms with van der Waals surface area (Å²) in [7, 11) is -5.39. The molecule has 364 valence electrons. The van der Waals surface area contributed by atoms with Crippen molar-refractivity contribution < 1.29 is 46.3 Å². The maximum atomic E-state index is 13.5. The first kappa shape index (κ1) is 53.6. The van der Waals surface area contributed by atoms with Gasteiger partial charge in [0.2, 0.25) is 0 Å². The first-order valence-corrected chi connectivity index (χ1v) is 33.7. The van der Waals surface area contributed by atoms with Crippen molar-refractivity contribution in [2.75, 3.05) is 13.2 Å². The van der Waals surface area contributed by atoms with Crippen LogP contribution < -0.4 is 23.7 Å². The normalized spacial score (nSPS) is 11.8. The number of unbranched alkanes of at least 4 members (excludes halogenated alkanes) is 9. The maximum absolute atomic E-state index is 13.5. The van der Waals surface area contributed by atoms with Gasteiger partial charge < -0.3 is 31.9 Å². The van der Waals surface area contributed by atoms with Gasteiger partial charge >= 0.3 is 26.5 Å². The molecule has 0 fully saturated rings. The minimum absolute atomic E-state index is 0.0683. The lowest BCUT2D eigenvalue weighted by molar-refractivity contribution is 0.0682. The van der Waals surface area contributed by atoms with Gasteiger partial charge in [0.1, 0.15) is 17.2 Å². The second-order valence-corrected chi connectivity index (χ2v) is 31.9. The van der Waals surface area contributed by atoms with Gasteiger partial charge in [0, 0.05) is 0 Å². The highest BCUT2D eigenvalue weighted by molar-refractivity contribution is 6.87. The van der Waals surface area contributed by atoms with Crippen molar-refractivity contribution in [1.82, 2.24) is 0 Å². The van der Waals surface area contributed by atoms with Crippen LogP contribution in [0.25, 0.3) is 11.1 Å². The van der Waals surface area contributed by atoms with Crippen LogP contribution in [0.15, 0.2) is 121 Å². The largest absolute Gasteiger partial charge is 0.494 e. The number of carbonyl (C=O) groups is 3. The highest BCUT2D eigenvalue weighted by Crippen LogP contribution is 2.34. The van der Waals surface area contributed by atoms with Crippen molar-refractivity contribution in [3.63, 3.8) is 0 Å². The minimum Gasteiger partial charge on any atom is -0.494 e. The Morgan fingerprint density at radius 2 is 0.882 bits per heavy atom. The van der Waals surface area contributed by atoms with E-state index in [9.17, 15) is 14.4 Å². The van der Waals surface area contributed by atoms with E-state index in [2.05, 4.69) is 52.8 Å². The molecule has 5 aromatic rings. The van der Waals surface area contributed by atoms with E-state index in [-0.39, 0.29) is 22.8 Å². The molecule has 0 amide bonds. The van der Waals surface area contributed by atoms with E-state index in [1.807, 2.05) is 30.3 Å². The van der Waals surface area contributed by atoms with Crippen molar-refractivity contribution in [2.45, 2.75) is 129 Å². The molecule has 0 saturated heterocycles. The van der Waals surface area contributed by atoms with Crippen LogP contribution in [0.4, 0.5) is 0 Å². The molecule has 0 aliphatic heterocycles. The van der Waals surface area contributed by atoms with Gasteiger partial charge in [0.25, 0.3) is 0 Å². The summed E-state index contributed by atoms with van der Waals surface area (Å²) in [5.74, 6) is -0.0761. The van der Waals surface area contributed by atoms with Crippen LogP contribution in [0.5, 0.6) is 28.7 Å². The Morgan fingerprint density at radius 3 is 1.40 bits per heavy atom. The zero-order chi connectivity index (χ0) is 49.0. The molecular weight excluding hydrogens is 905 g/mol. The molecule has 0 spiro atoms. The molecule has 13 heteroatoms. The van der Waals surface area contributed by atoms with Crippen molar-refractivity contribution in [2.24, 2.45) is 0 Å². The van der Waals surface area contributed by atoms with Gasteiger partial charge in [-0.3, -0.25) is 0 Å². The van der Waals surface area contributed by atoms with E-state index in [0.29, 0.717) is 35.8 Å². The Kier molecular flexibility index (Phi) is 20.9. The lowest BCUT2D eigenvalue weighted by atomic mass is 10.1. The standard InChI is InChI=1S/C55H72O10Si3/c1-9-10-39-59-48-32-25-44(26-33-48)53(56)61-50-36-29-46(30-37-50)55(58)63-52-42-47(43-23-19-18-20-24-43)31-38-51(52)62-54(57)45-27-34-49(35-28-45)60-40-21-16-14-12-11-13-15-17-22-41-67(5,6)65-68(7,8)64-66(2,3)4/h18-20,23-38,42H,9-17,21-22,39-41H2,1-8H3. The zero-order valence-electron chi connectivity index (χ0n) is 41.5. The van der Waals surface area contributed by atoms with Gasteiger partial charge in [0.05, 0.1) is 29.9 Å². The first-order chi connectivity index (χ1) is 32.5. The number of hydrogen-bond donors (Lipinski definition) is 0. The van der Waals surface area contributed by atoms with Crippen molar-refractivity contribution >= 4 is 43.1 Å². The average molecular weight is 977 g/mol. The second-order valence-electron chi connectivity index (χ2n) is 19.2. The van der Waals surface area contributed by atoms with E-state index in [4.69, 9.17) is 31.9 Å². The van der Waals surface area contributed by atoms with Crippen LogP contribution in [0, 0.1) is 0 Å². The highest BCUT2D eigenvalue weighted by Gasteiger charge is 2.37. The number of hydrogen-bond acceptors (Lipinski definition) is 10. The lowest BCUT2D eigenvalue weighted by Gasteiger charge is -2.37. The van der Waals surface area contributed by atoms with Gasteiger partial charge in [0.15, 0.2) is 28.1 Å². The van der Waals surface area contributed by atoms with Gasteiger partial charge in [-0.2, -0.15) is 0 Å². The number of rotatable bonds is 28. The zero-order valence-corrected chi connectivity index (χ0v) is 44.5. The summed E-state index contributed by atoms with van der Waals surface area (Å²) in [4.78, 5) is 39.7. The number of ether oxygens (including phenoxy) is 5. The summed E-state index contributed by atoms with van der Waals surface area (Å²) in [6.45, 7) is 19.1. The number of benzene rings is 5. The smallest absolute Gasteiger partial charge is 0.343 e. The van der Waals surface area contributed by atoms with Crippen molar-refractivity contribution in [1.29, 1.82) is 0 Å². The van der Waals surface area contributed by atoms with E-state index in [1.54, 1.807) is 66.7 Å².